The van der Waals surface area contributed by atoms with E-state index < -0.39 is 5.82 Å². The van der Waals surface area contributed by atoms with Gasteiger partial charge in [-0.15, -0.1) is 11.3 Å². The fourth-order valence-corrected chi connectivity index (χ4v) is 5.17. The van der Waals surface area contributed by atoms with Crippen LogP contribution in [0, 0.1) is 5.82 Å². The lowest BCUT2D eigenvalue weighted by Gasteiger charge is -2.33. The lowest BCUT2D eigenvalue weighted by Crippen LogP contribution is -2.39. The first-order valence-corrected chi connectivity index (χ1v) is 10.4. The van der Waals surface area contributed by atoms with Crippen LogP contribution in [-0.4, -0.2) is 53.8 Å². The van der Waals surface area contributed by atoms with E-state index in [1.165, 1.54) is 23.5 Å². The Kier molecular flexibility index (Phi) is 5.32. The standard InChI is InChI=1S/C22H22FN3O2S/c1-25(2)22(28)19-18(17-9-4-10-24-20(17)29-19)15-7-5-11-26(13-15)21(27)14-6-3-8-16(23)12-14/h3-4,6,8-10,12,15H,5,7,11,13H2,1-2H3. The molecule has 0 saturated carbocycles. The molecular formula is C22H22FN3O2S. The van der Waals surface area contributed by atoms with Gasteiger partial charge in [0, 0.05) is 50.2 Å². The Balaban J connectivity index is 1.69. The van der Waals surface area contributed by atoms with E-state index in [1.54, 1.807) is 42.2 Å². The molecule has 1 atom stereocenters. The summed E-state index contributed by atoms with van der Waals surface area (Å²) >= 11 is 1.41. The molecular weight excluding hydrogens is 389 g/mol. The number of hydrogen-bond donors (Lipinski definition) is 0. The number of piperidine rings is 1. The van der Waals surface area contributed by atoms with E-state index >= 15 is 0 Å². The summed E-state index contributed by atoms with van der Waals surface area (Å²) in [7, 11) is 3.48. The van der Waals surface area contributed by atoms with Crippen molar-refractivity contribution >= 4 is 33.4 Å². The van der Waals surface area contributed by atoms with Crippen LogP contribution in [-0.2, 0) is 0 Å². The Labute approximate surface area is 172 Å². The van der Waals surface area contributed by atoms with Gasteiger partial charge in [0.2, 0.25) is 0 Å². The fourth-order valence-electron chi connectivity index (χ4n) is 3.92. The molecule has 0 bridgehead atoms. The first-order chi connectivity index (χ1) is 14.0. The van der Waals surface area contributed by atoms with E-state index in [9.17, 15) is 14.0 Å². The van der Waals surface area contributed by atoms with E-state index in [0.717, 1.165) is 28.6 Å². The SMILES string of the molecule is CN(C)C(=O)c1sc2ncccc2c1C1CCCN(C(=O)c2cccc(F)c2)C1. The van der Waals surface area contributed by atoms with Gasteiger partial charge >= 0.3 is 0 Å². The number of amides is 2. The van der Waals surface area contributed by atoms with Crippen LogP contribution in [0.1, 0.15) is 44.4 Å². The van der Waals surface area contributed by atoms with Gasteiger partial charge in [-0.25, -0.2) is 9.37 Å². The maximum absolute atomic E-state index is 13.6. The summed E-state index contributed by atoms with van der Waals surface area (Å²) in [6.07, 6.45) is 3.45. The molecule has 0 radical (unpaired) electrons. The van der Waals surface area contributed by atoms with Crippen LogP contribution in [0.4, 0.5) is 4.39 Å². The largest absolute Gasteiger partial charge is 0.344 e. The molecule has 1 unspecified atom stereocenters. The van der Waals surface area contributed by atoms with Crippen LogP contribution >= 0.6 is 11.3 Å². The van der Waals surface area contributed by atoms with Gasteiger partial charge in [-0.3, -0.25) is 9.59 Å². The Hall–Kier alpha value is -2.80. The Morgan fingerprint density at radius 3 is 2.83 bits per heavy atom. The second-order valence-corrected chi connectivity index (χ2v) is 8.50. The van der Waals surface area contributed by atoms with Crippen molar-refractivity contribution in [2.45, 2.75) is 18.8 Å². The van der Waals surface area contributed by atoms with E-state index in [-0.39, 0.29) is 17.7 Å². The van der Waals surface area contributed by atoms with E-state index in [4.69, 9.17) is 0 Å². The number of nitrogens with zero attached hydrogens (tertiary/aromatic N) is 3. The molecule has 1 aromatic carbocycles. The smallest absolute Gasteiger partial charge is 0.263 e. The number of thiophene rings is 1. The number of rotatable bonds is 3. The van der Waals surface area contributed by atoms with Crippen LogP contribution in [0.2, 0.25) is 0 Å². The van der Waals surface area contributed by atoms with Crippen molar-refractivity contribution in [3.05, 3.63) is 64.4 Å². The van der Waals surface area contributed by atoms with E-state index in [0.29, 0.717) is 23.5 Å². The van der Waals surface area contributed by atoms with Crippen LogP contribution in [0.15, 0.2) is 42.6 Å². The molecule has 7 heteroatoms. The lowest BCUT2D eigenvalue weighted by atomic mass is 9.88. The molecule has 1 aliphatic rings. The van der Waals surface area contributed by atoms with Gasteiger partial charge in [-0.1, -0.05) is 12.1 Å². The number of halogens is 1. The highest BCUT2D eigenvalue weighted by Gasteiger charge is 2.31. The number of aromatic nitrogens is 1. The molecule has 1 fully saturated rings. The van der Waals surface area contributed by atoms with Gasteiger partial charge in [0.05, 0.1) is 4.88 Å². The van der Waals surface area contributed by atoms with Gasteiger partial charge < -0.3 is 9.80 Å². The molecule has 4 rings (SSSR count). The summed E-state index contributed by atoms with van der Waals surface area (Å²) in [5, 5.41) is 0.979. The molecule has 1 aliphatic heterocycles. The molecule has 150 valence electrons. The highest BCUT2D eigenvalue weighted by Crippen LogP contribution is 2.39. The quantitative estimate of drug-likeness (QED) is 0.650. The minimum atomic E-state index is -0.418. The van der Waals surface area contributed by atoms with E-state index in [1.807, 2.05) is 12.1 Å². The lowest BCUT2D eigenvalue weighted by molar-refractivity contribution is 0.0706. The molecule has 0 aliphatic carbocycles. The summed E-state index contributed by atoms with van der Waals surface area (Å²) in [4.78, 5) is 35.1. The van der Waals surface area contributed by atoms with Crippen molar-refractivity contribution in [3.8, 4) is 0 Å². The Morgan fingerprint density at radius 2 is 2.07 bits per heavy atom. The third kappa shape index (κ3) is 3.74. The number of carbonyl (C=O) groups is 2. The van der Waals surface area contributed by atoms with Gasteiger partial charge in [0.1, 0.15) is 10.6 Å². The zero-order valence-electron chi connectivity index (χ0n) is 16.4. The molecule has 5 nitrogen and oxygen atoms in total. The molecule has 3 aromatic rings. The van der Waals surface area contributed by atoms with Crippen LogP contribution in [0.25, 0.3) is 10.2 Å². The summed E-state index contributed by atoms with van der Waals surface area (Å²) in [6.45, 7) is 1.13. The van der Waals surface area contributed by atoms with Gasteiger partial charge in [0.25, 0.3) is 11.8 Å². The van der Waals surface area contributed by atoms with Crippen molar-refractivity contribution < 1.29 is 14.0 Å². The van der Waals surface area contributed by atoms with Gasteiger partial charge in [-0.2, -0.15) is 0 Å². The average molecular weight is 412 g/mol. The number of benzene rings is 1. The third-order valence-electron chi connectivity index (χ3n) is 5.29. The van der Waals surface area contributed by atoms with Crippen LogP contribution in [0.5, 0.6) is 0 Å². The predicted molar refractivity (Wildman–Crippen MR) is 112 cm³/mol. The minimum Gasteiger partial charge on any atom is -0.344 e. The molecule has 1 saturated heterocycles. The topological polar surface area (TPSA) is 53.5 Å². The normalized spacial score (nSPS) is 16.8. The average Bonchev–Trinajstić information content (AvgIpc) is 3.12. The zero-order chi connectivity index (χ0) is 20.5. The summed E-state index contributed by atoms with van der Waals surface area (Å²) in [5.41, 5.74) is 1.33. The predicted octanol–water partition coefficient (Wildman–Crippen LogP) is 4.16. The number of likely N-dealkylation sites (tertiary alicyclic amines) is 1. The molecule has 2 aromatic heterocycles. The van der Waals surface area contributed by atoms with Crippen molar-refractivity contribution in [2.75, 3.05) is 27.2 Å². The summed E-state index contributed by atoms with van der Waals surface area (Å²) in [6, 6.07) is 9.67. The second kappa shape index (κ2) is 7.91. The van der Waals surface area contributed by atoms with Crippen LogP contribution < -0.4 is 0 Å². The molecule has 3 heterocycles. The van der Waals surface area contributed by atoms with Crippen molar-refractivity contribution in [3.63, 3.8) is 0 Å². The summed E-state index contributed by atoms with van der Waals surface area (Å²) in [5.74, 6) is -0.597. The number of pyridine rings is 1. The monoisotopic (exact) mass is 411 g/mol. The molecule has 0 spiro atoms. The maximum Gasteiger partial charge on any atom is 0.263 e. The van der Waals surface area contributed by atoms with E-state index in [2.05, 4.69) is 4.98 Å². The minimum absolute atomic E-state index is 0.0399. The number of carbonyl (C=O) groups excluding carboxylic acids is 2. The van der Waals surface area contributed by atoms with Crippen molar-refractivity contribution in [1.82, 2.24) is 14.8 Å². The Bertz CT molecular complexity index is 1080. The summed E-state index contributed by atoms with van der Waals surface area (Å²) < 4.78 is 13.6. The molecule has 0 N–H and O–H groups in total. The first-order valence-electron chi connectivity index (χ1n) is 9.59. The zero-order valence-corrected chi connectivity index (χ0v) is 17.2. The first kappa shape index (κ1) is 19.5. The number of hydrogen-bond acceptors (Lipinski definition) is 4. The molecule has 2 amide bonds. The van der Waals surface area contributed by atoms with Gasteiger partial charge in [-0.05, 0) is 42.7 Å². The van der Waals surface area contributed by atoms with Crippen molar-refractivity contribution in [2.24, 2.45) is 0 Å². The second-order valence-electron chi connectivity index (χ2n) is 7.50. The Morgan fingerprint density at radius 1 is 1.24 bits per heavy atom. The maximum atomic E-state index is 13.6. The van der Waals surface area contributed by atoms with Gasteiger partial charge in [0.15, 0.2) is 0 Å². The van der Waals surface area contributed by atoms with Crippen molar-refractivity contribution in [1.29, 1.82) is 0 Å². The fraction of sp³-hybridized carbons (Fsp3) is 0.318. The number of fused-ring (bicyclic) bond motifs is 1. The highest BCUT2D eigenvalue weighted by molar-refractivity contribution is 7.20. The van der Waals surface area contributed by atoms with Crippen LogP contribution in [0.3, 0.4) is 0 Å². The molecule has 29 heavy (non-hydrogen) atoms. The third-order valence-corrected chi connectivity index (χ3v) is 6.41. The highest BCUT2D eigenvalue weighted by atomic mass is 32.1.